The van der Waals surface area contributed by atoms with E-state index in [-0.39, 0.29) is 5.91 Å². The second-order valence-corrected chi connectivity index (χ2v) is 4.12. The number of rotatable bonds is 4. The Kier molecular flexibility index (Phi) is 4.65. The molecule has 0 fully saturated rings. The van der Waals surface area contributed by atoms with Gasteiger partial charge in [0, 0.05) is 11.4 Å². The van der Waals surface area contributed by atoms with Crippen LogP contribution in [0.1, 0.15) is 12.5 Å². The van der Waals surface area contributed by atoms with Gasteiger partial charge in [-0.1, -0.05) is 12.1 Å². The molecule has 1 atom stereocenters. The predicted molar refractivity (Wildman–Crippen MR) is 61.8 cm³/mol. The van der Waals surface area contributed by atoms with Crippen molar-refractivity contribution in [2.75, 3.05) is 6.26 Å². The second kappa shape index (κ2) is 5.78. The van der Waals surface area contributed by atoms with Crippen LogP contribution in [0.25, 0.3) is 0 Å². The Morgan fingerprint density at radius 1 is 1.47 bits per heavy atom. The SMILES string of the molecule is CSc1ccc(CNC(=O)C(C)O)cc1. The molecule has 0 aliphatic carbocycles. The van der Waals surface area contributed by atoms with Crippen LogP contribution in [-0.4, -0.2) is 23.4 Å². The third kappa shape index (κ3) is 3.93. The molecule has 1 unspecified atom stereocenters. The predicted octanol–water partition coefficient (Wildman–Crippen LogP) is 1.41. The van der Waals surface area contributed by atoms with Gasteiger partial charge in [-0.2, -0.15) is 0 Å². The molecule has 0 saturated heterocycles. The van der Waals surface area contributed by atoms with Gasteiger partial charge in [-0.25, -0.2) is 0 Å². The summed E-state index contributed by atoms with van der Waals surface area (Å²) in [4.78, 5) is 12.3. The van der Waals surface area contributed by atoms with Crippen molar-refractivity contribution < 1.29 is 9.90 Å². The van der Waals surface area contributed by atoms with Crippen LogP contribution in [0.15, 0.2) is 29.2 Å². The number of hydrogen-bond acceptors (Lipinski definition) is 3. The van der Waals surface area contributed by atoms with Crippen molar-refractivity contribution in [2.45, 2.75) is 24.5 Å². The number of carbonyl (C=O) groups excluding carboxylic acids is 1. The zero-order valence-electron chi connectivity index (χ0n) is 8.86. The summed E-state index contributed by atoms with van der Waals surface area (Å²) in [6.45, 7) is 1.91. The van der Waals surface area contributed by atoms with Crippen LogP contribution in [0.5, 0.6) is 0 Å². The van der Waals surface area contributed by atoms with Crippen molar-refractivity contribution in [3.63, 3.8) is 0 Å². The first kappa shape index (κ1) is 12.1. The van der Waals surface area contributed by atoms with Gasteiger partial charge in [0.2, 0.25) is 5.91 Å². The lowest BCUT2D eigenvalue weighted by Gasteiger charge is -2.07. The fourth-order valence-electron chi connectivity index (χ4n) is 1.08. The molecule has 82 valence electrons. The fraction of sp³-hybridized carbons (Fsp3) is 0.364. The quantitative estimate of drug-likeness (QED) is 0.762. The van der Waals surface area contributed by atoms with Gasteiger partial charge in [0.25, 0.3) is 0 Å². The van der Waals surface area contributed by atoms with Gasteiger partial charge in [0.05, 0.1) is 0 Å². The average Bonchev–Trinajstić information content (AvgIpc) is 2.26. The molecule has 1 aromatic rings. The Morgan fingerprint density at radius 2 is 2.07 bits per heavy atom. The zero-order chi connectivity index (χ0) is 11.3. The van der Waals surface area contributed by atoms with Crippen molar-refractivity contribution in [3.8, 4) is 0 Å². The summed E-state index contributed by atoms with van der Waals surface area (Å²) in [5.74, 6) is -0.344. The number of aliphatic hydroxyl groups is 1. The van der Waals surface area contributed by atoms with Gasteiger partial charge < -0.3 is 10.4 Å². The minimum Gasteiger partial charge on any atom is -0.384 e. The molecule has 1 rings (SSSR count). The molecular weight excluding hydrogens is 210 g/mol. The van der Waals surface area contributed by atoms with Crippen LogP contribution in [0.2, 0.25) is 0 Å². The summed E-state index contributed by atoms with van der Waals surface area (Å²) in [7, 11) is 0. The maximum atomic E-state index is 11.1. The first-order valence-electron chi connectivity index (χ1n) is 4.72. The van der Waals surface area contributed by atoms with Gasteiger partial charge >= 0.3 is 0 Å². The number of amides is 1. The molecule has 0 aromatic heterocycles. The van der Waals surface area contributed by atoms with Gasteiger partial charge in [0.15, 0.2) is 0 Å². The van der Waals surface area contributed by atoms with Gasteiger partial charge in [-0.05, 0) is 30.9 Å². The lowest BCUT2D eigenvalue weighted by molar-refractivity contribution is -0.128. The van der Waals surface area contributed by atoms with Crippen LogP contribution < -0.4 is 5.32 Å². The van der Waals surface area contributed by atoms with E-state index in [4.69, 9.17) is 5.11 Å². The summed E-state index contributed by atoms with van der Waals surface area (Å²) >= 11 is 1.68. The molecule has 0 aliphatic rings. The Balaban J connectivity index is 2.47. The first-order chi connectivity index (χ1) is 7.13. The standard InChI is InChI=1S/C11H15NO2S/c1-8(13)11(14)12-7-9-3-5-10(15-2)6-4-9/h3-6,8,13H,7H2,1-2H3,(H,12,14). The molecular formula is C11H15NO2S. The highest BCUT2D eigenvalue weighted by molar-refractivity contribution is 7.98. The summed E-state index contributed by atoms with van der Waals surface area (Å²) < 4.78 is 0. The molecule has 4 heteroatoms. The molecule has 0 spiro atoms. The van der Waals surface area contributed by atoms with E-state index in [2.05, 4.69) is 5.32 Å². The van der Waals surface area contributed by atoms with E-state index in [0.29, 0.717) is 6.54 Å². The third-order valence-electron chi connectivity index (χ3n) is 2.01. The van der Waals surface area contributed by atoms with Crippen molar-refractivity contribution in [3.05, 3.63) is 29.8 Å². The number of benzene rings is 1. The number of hydrogen-bond donors (Lipinski definition) is 2. The molecule has 3 nitrogen and oxygen atoms in total. The van der Waals surface area contributed by atoms with Crippen molar-refractivity contribution in [2.24, 2.45) is 0 Å². The van der Waals surface area contributed by atoms with E-state index in [1.54, 1.807) is 11.8 Å². The Bertz CT molecular complexity index is 322. The molecule has 1 amide bonds. The van der Waals surface area contributed by atoms with Crippen molar-refractivity contribution in [1.29, 1.82) is 0 Å². The van der Waals surface area contributed by atoms with E-state index >= 15 is 0 Å². The van der Waals surface area contributed by atoms with Crippen LogP contribution in [0.4, 0.5) is 0 Å². The van der Waals surface area contributed by atoms with Gasteiger partial charge in [0.1, 0.15) is 6.10 Å². The van der Waals surface area contributed by atoms with Crippen LogP contribution in [0.3, 0.4) is 0 Å². The first-order valence-corrected chi connectivity index (χ1v) is 5.94. The second-order valence-electron chi connectivity index (χ2n) is 3.24. The summed E-state index contributed by atoms with van der Waals surface area (Å²) in [5.41, 5.74) is 1.03. The lowest BCUT2D eigenvalue weighted by atomic mass is 10.2. The molecule has 0 aliphatic heterocycles. The number of thioether (sulfide) groups is 1. The monoisotopic (exact) mass is 225 g/mol. The van der Waals surface area contributed by atoms with Gasteiger partial charge in [-0.15, -0.1) is 11.8 Å². The third-order valence-corrected chi connectivity index (χ3v) is 2.75. The van der Waals surface area contributed by atoms with E-state index in [0.717, 1.165) is 5.56 Å². The summed E-state index contributed by atoms with van der Waals surface area (Å²) in [5, 5.41) is 11.6. The van der Waals surface area contributed by atoms with Crippen LogP contribution in [0, 0.1) is 0 Å². The van der Waals surface area contributed by atoms with E-state index in [1.165, 1.54) is 11.8 Å². The molecule has 1 aromatic carbocycles. The Labute approximate surface area is 93.9 Å². The van der Waals surface area contributed by atoms with Crippen LogP contribution >= 0.6 is 11.8 Å². The highest BCUT2D eigenvalue weighted by atomic mass is 32.2. The maximum absolute atomic E-state index is 11.1. The number of nitrogens with one attached hydrogen (secondary N) is 1. The largest absolute Gasteiger partial charge is 0.384 e. The maximum Gasteiger partial charge on any atom is 0.248 e. The summed E-state index contributed by atoms with van der Waals surface area (Å²) in [6.07, 6.45) is 1.07. The molecule has 2 N–H and O–H groups in total. The Morgan fingerprint density at radius 3 is 2.53 bits per heavy atom. The van der Waals surface area contributed by atoms with E-state index in [1.807, 2.05) is 30.5 Å². The molecule has 0 heterocycles. The van der Waals surface area contributed by atoms with Gasteiger partial charge in [-0.3, -0.25) is 4.79 Å². The smallest absolute Gasteiger partial charge is 0.248 e. The topological polar surface area (TPSA) is 49.3 Å². The highest BCUT2D eigenvalue weighted by Crippen LogP contribution is 2.14. The minimum absolute atomic E-state index is 0.344. The van der Waals surface area contributed by atoms with Crippen molar-refractivity contribution in [1.82, 2.24) is 5.32 Å². The lowest BCUT2D eigenvalue weighted by Crippen LogP contribution is -2.31. The molecule has 0 radical (unpaired) electrons. The molecule has 15 heavy (non-hydrogen) atoms. The molecule has 0 bridgehead atoms. The zero-order valence-corrected chi connectivity index (χ0v) is 9.67. The minimum atomic E-state index is -0.949. The normalized spacial score (nSPS) is 12.2. The average molecular weight is 225 g/mol. The molecule has 0 saturated carbocycles. The number of carbonyl (C=O) groups is 1. The van der Waals surface area contributed by atoms with Crippen LogP contribution in [-0.2, 0) is 11.3 Å². The van der Waals surface area contributed by atoms with E-state index in [9.17, 15) is 4.79 Å². The summed E-state index contributed by atoms with van der Waals surface area (Å²) in [6, 6.07) is 7.95. The Hall–Kier alpha value is -1.00. The highest BCUT2D eigenvalue weighted by Gasteiger charge is 2.07. The fourth-order valence-corrected chi connectivity index (χ4v) is 1.49. The van der Waals surface area contributed by atoms with Crippen molar-refractivity contribution >= 4 is 17.7 Å². The number of aliphatic hydroxyl groups excluding tert-OH is 1. The van der Waals surface area contributed by atoms with E-state index < -0.39 is 6.10 Å².